The van der Waals surface area contributed by atoms with Crippen LogP contribution in [-0.2, 0) is 11.3 Å². The Bertz CT molecular complexity index is 513. The predicted octanol–water partition coefficient (Wildman–Crippen LogP) is 1.42. The summed E-state index contributed by atoms with van der Waals surface area (Å²) >= 11 is 0. The number of nitrogens with zero attached hydrogens (tertiary/aromatic N) is 4. The van der Waals surface area contributed by atoms with Crippen molar-refractivity contribution < 1.29 is 4.79 Å². The second-order valence-electron chi connectivity index (χ2n) is 5.52. The van der Waals surface area contributed by atoms with Gasteiger partial charge in [0.05, 0.1) is 12.2 Å². The molecule has 0 radical (unpaired) electrons. The maximum Gasteiger partial charge on any atom is 0.133 e. The fraction of sp³-hybridized carbons (Fsp3) is 0.471. The SMILES string of the molecule is CN(CC=O)CCN(CC1=NCCC=C1)Cc1ccccn1. The number of aliphatic imine (C=N–C) groups is 1. The van der Waals surface area contributed by atoms with E-state index in [0.29, 0.717) is 6.54 Å². The van der Waals surface area contributed by atoms with Crippen LogP contribution in [0, 0.1) is 0 Å². The van der Waals surface area contributed by atoms with Crippen molar-refractivity contribution in [1.82, 2.24) is 14.8 Å². The first-order chi connectivity index (χ1) is 10.8. The van der Waals surface area contributed by atoms with E-state index in [1.165, 1.54) is 0 Å². The smallest absolute Gasteiger partial charge is 0.133 e. The molecular weight excluding hydrogens is 276 g/mol. The zero-order valence-electron chi connectivity index (χ0n) is 13.2. The highest BCUT2D eigenvalue weighted by atomic mass is 16.1. The van der Waals surface area contributed by atoms with E-state index in [1.807, 2.05) is 36.3 Å². The van der Waals surface area contributed by atoms with E-state index >= 15 is 0 Å². The summed E-state index contributed by atoms with van der Waals surface area (Å²) in [5, 5.41) is 0. The topological polar surface area (TPSA) is 48.8 Å². The minimum atomic E-state index is 0.471. The molecule has 0 aromatic carbocycles. The number of dihydropyridines is 1. The van der Waals surface area contributed by atoms with Gasteiger partial charge in [-0.2, -0.15) is 0 Å². The number of likely N-dealkylation sites (N-methyl/N-ethyl adjacent to an activating group) is 1. The second-order valence-corrected chi connectivity index (χ2v) is 5.52. The van der Waals surface area contributed by atoms with Crippen LogP contribution >= 0.6 is 0 Å². The van der Waals surface area contributed by atoms with Crippen molar-refractivity contribution in [1.29, 1.82) is 0 Å². The van der Waals surface area contributed by atoms with Gasteiger partial charge in [0.2, 0.25) is 0 Å². The number of rotatable bonds is 9. The van der Waals surface area contributed by atoms with E-state index in [2.05, 4.69) is 27.0 Å². The lowest BCUT2D eigenvalue weighted by atomic mass is 10.2. The van der Waals surface area contributed by atoms with E-state index in [4.69, 9.17) is 0 Å². The number of pyridine rings is 1. The molecule has 1 aromatic rings. The molecule has 1 aromatic heterocycles. The lowest BCUT2D eigenvalue weighted by molar-refractivity contribution is -0.108. The monoisotopic (exact) mass is 300 g/mol. The summed E-state index contributed by atoms with van der Waals surface area (Å²) in [5.41, 5.74) is 2.18. The molecule has 0 saturated carbocycles. The van der Waals surface area contributed by atoms with E-state index in [0.717, 1.165) is 56.8 Å². The third-order valence-corrected chi connectivity index (χ3v) is 3.60. The molecule has 118 valence electrons. The fourth-order valence-corrected chi connectivity index (χ4v) is 2.35. The van der Waals surface area contributed by atoms with Gasteiger partial charge < -0.3 is 4.79 Å². The Labute approximate surface area is 132 Å². The van der Waals surface area contributed by atoms with Crippen molar-refractivity contribution in [3.8, 4) is 0 Å². The highest BCUT2D eigenvalue weighted by Crippen LogP contribution is 2.05. The summed E-state index contributed by atoms with van der Waals surface area (Å²) in [5.74, 6) is 0. The molecule has 0 spiro atoms. The van der Waals surface area contributed by atoms with E-state index < -0.39 is 0 Å². The molecule has 1 aliphatic heterocycles. The summed E-state index contributed by atoms with van der Waals surface area (Å²) in [6.45, 7) is 4.70. The van der Waals surface area contributed by atoms with Crippen molar-refractivity contribution in [2.75, 3.05) is 39.8 Å². The van der Waals surface area contributed by atoms with Crippen molar-refractivity contribution in [3.05, 3.63) is 42.2 Å². The fourth-order valence-electron chi connectivity index (χ4n) is 2.35. The lowest BCUT2D eigenvalue weighted by Crippen LogP contribution is -2.37. The Morgan fingerprint density at radius 1 is 1.27 bits per heavy atom. The number of hydrogen-bond donors (Lipinski definition) is 0. The third-order valence-electron chi connectivity index (χ3n) is 3.60. The van der Waals surface area contributed by atoms with Crippen LogP contribution in [0.25, 0.3) is 0 Å². The van der Waals surface area contributed by atoms with Crippen molar-refractivity contribution in [2.24, 2.45) is 4.99 Å². The first-order valence-corrected chi connectivity index (χ1v) is 7.72. The van der Waals surface area contributed by atoms with Gasteiger partial charge in [-0.05, 0) is 31.7 Å². The van der Waals surface area contributed by atoms with Crippen LogP contribution in [-0.4, -0.2) is 66.6 Å². The molecule has 0 N–H and O–H groups in total. The number of aldehydes is 1. The Hall–Kier alpha value is -1.85. The first-order valence-electron chi connectivity index (χ1n) is 7.72. The molecular formula is C17H24N4O. The van der Waals surface area contributed by atoms with Crippen LogP contribution in [0.15, 0.2) is 41.5 Å². The Morgan fingerprint density at radius 3 is 2.86 bits per heavy atom. The molecule has 0 unspecified atom stereocenters. The largest absolute Gasteiger partial charge is 0.302 e. The van der Waals surface area contributed by atoms with Gasteiger partial charge in [0.25, 0.3) is 0 Å². The van der Waals surface area contributed by atoms with E-state index in [9.17, 15) is 4.79 Å². The van der Waals surface area contributed by atoms with Crippen molar-refractivity contribution in [3.63, 3.8) is 0 Å². The molecule has 1 aliphatic rings. The van der Waals surface area contributed by atoms with Crippen LogP contribution in [0.5, 0.6) is 0 Å². The van der Waals surface area contributed by atoms with Crippen molar-refractivity contribution in [2.45, 2.75) is 13.0 Å². The standard InChI is InChI=1S/C17H24N4O/c1-20(12-13-22)10-11-21(14-16-6-2-4-8-18-16)15-17-7-3-5-9-19-17/h2-4,6-8,13H,5,9-12,14-15H2,1H3. The molecule has 0 aliphatic carbocycles. The van der Waals surface area contributed by atoms with E-state index in [1.54, 1.807) is 0 Å². The van der Waals surface area contributed by atoms with Crippen LogP contribution in [0.4, 0.5) is 0 Å². The summed E-state index contributed by atoms with van der Waals surface area (Å²) in [6, 6.07) is 5.98. The molecule has 0 amide bonds. The molecule has 5 nitrogen and oxygen atoms in total. The molecule has 0 atom stereocenters. The third kappa shape index (κ3) is 5.87. The average Bonchev–Trinajstić information content (AvgIpc) is 2.55. The second kappa shape index (κ2) is 9.23. The molecule has 22 heavy (non-hydrogen) atoms. The summed E-state index contributed by atoms with van der Waals surface area (Å²) in [7, 11) is 1.96. The van der Waals surface area contributed by atoms with Gasteiger partial charge in [0.1, 0.15) is 6.29 Å². The van der Waals surface area contributed by atoms with Gasteiger partial charge in [-0.25, -0.2) is 0 Å². The first kappa shape index (κ1) is 16.5. The van der Waals surface area contributed by atoms with Gasteiger partial charge in [-0.1, -0.05) is 12.1 Å². The van der Waals surface area contributed by atoms with Crippen LogP contribution < -0.4 is 0 Å². The number of carbonyl (C=O) groups excluding carboxylic acids is 1. The van der Waals surface area contributed by atoms with Crippen LogP contribution in [0.2, 0.25) is 0 Å². The maximum atomic E-state index is 10.6. The molecule has 5 heteroatoms. The van der Waals surface area contributed by atoms with Crippen LogP contribution in [0.1, 0.15) is 12.1 Å². The predicted molar refractivity (Wildman–Crippen MR) is 89.1 cm³/mol. The van der Waals surface area contributed by atoms with Crippen LogP contribution in [0.3, 0.4) is 0 Å². The van der Waals surface area contributed by atoms with E-state index in [-0.39, 0.29) is 0 Å². The lowest BCUT2D eigenvalue weighted by Gasteiger charge is -2.25. The highest BCUT2D eigenvalue weighted by Gasteiger charge is 2.11. The van der Waals surface area contributed by atoms with Gasteiger partial charge >= 0.3 is 0 Å². The minimum absolute atomic E-state index is 0.471. The molecule has 2 rings (SSSR count). The summed E-state index contributed by atoms with van der Waals surface area (Å²) < 4.78 is 0. The zero-order valence-corrected chi connectivity index (χ0v) is 13.2. The number of carbonyl (C=O) groups is 1. The van der Waals surface area contributed by atoms with Gasteiger partial charge in [-0.3, -0.25) is 19.8 Å². The highest BCUT2D eigenvalue weighted by molar-refractivity contribution is 5.97. The Morgan fingerprint density at radius 2 is 2.18 bits per heavy atom. The molecule has 0 bridgehead atoms. The molecule has 0 saturated heterocycles. The Kier molecular flexibility index (Phi) is 6.93. The number of aromatic nitrogens is 1. The quantitative estimate of drug-likeness (QED) is 0.647. The van der Waals surface area contributed by atoms with Gasteiger partial charge in [-0.15, -0.1) is 0 Å². The summed E-state index contributed by atoms with van der Waals surface area (Å²) in [4.78, 5) is 23.9. The Balaban J connectivity index is 1.94. The van der Waals surface area contributed by atoms with Gasteiger partial charge in [0, 0.05) is 44.6 Å². The molecule has 2 heterocycles. The molecule has 0 fully saturated rings. The van der Waals surface area contributed by atoms with Gasteiger partial charge in [0.15, 0.2) is 0 Å². The van der Waals surface area contributed by atoms with Crippen molar-refractivity contribution >= 4 is 12.0 Å². The average molecular weight is 300 g/mol. The zero-order chi connectivity index (χ0) is 15.6. The minimum Gasteiger partial charge on any atom is -0.302 e. The normalized spacial score (nSPS) is 14.4. The summed E-state index contributed by atoms with van der Waals surface area (Å²) in [6.07, 6.45) is 8.09. The maximum absolute atomic E-state index is 10.6. The number of hydrogen-bond acceptors (Lipinski definition) is 5.